The second-order valence-electron chi connectivity index (χ2n) is 5.79. The van der Waals surface area contributed by atoms with Crippen molar-refractivity contribution in [2.24, 2.45) is 0 Å². The number of rotatable bonds is 5. The van der Waals surface area contributed by atoms with Crippen LogP contribution in [0.4, 0.5) is 5.69 Å². The number of furan rings is 1. The van der Waals surface area contributed by atoms with Gasteiger partial charge in [-0.05, 0) is 24.3 Å². The number of thiazole rings is 1. The van der Waals surface area contributed by atoms with E-state index in [2.05, 4.69) is 10.3 Å². The zero-order chi connectivity index (χ0) is 19.7. The maximum atomic E-state index is 12.6. The number of halogens is 1. The molecular formula is C20H15ClN2O4S. The summed E-state index contributed by atoms with van der Waals surface area (Å²) >= 11 is 7.60. The van der Waals surface area contributed by atoms with E-state index >= 15 is 0 Å². The molecule has 2 aromatic carbocycles. The molecule has 28 heavy (non-hydrogen) atoms. The van der Waals surface area contributed by atoms with Crippen molar-refractivity contribution < 1.29 is 18.7 Å². The van der Waals surface area contributed by atoms with Crippen LogP contribution in [0.1, 0.15) is 10.6 Å². The van der Waals surface area contributed by atoms with E-state index in [1.165, 1.54) is 25.6 Å². The molecule has 4 rings (SSSR count). The first-order valence-electron chi connectivity index (χ1n) is 8.27. The molecule has 142 valence electrons. The average Bonchev–Trinajstić information content (AvgIpc) is 3.35. The Labute approximate surface area is 169 Å². The van der Waals surface area contributed by atoms with Gasteiger partial charge < -0.3 is 19.2 Å². The van der Waals surface area contributed by atoms with Crippen molar-refractivity contribution in [1.82, 2.24) is 4.98 Å². The maximum Gasteiger partial charge on any atom is 0.291 e. The number of anilines is 1. The molecule has 1 N–H and O–H groups in total. The average molecular weight is 415 g/mol. The number of hydrogen-bond donors (Lipinski definition) is 1. The van der Waals surface area contributed by atoms with Gasteiger partial charge in [0.1, 0.15) is 11.5 Å². The second-order valence-corrected chi connectivity index (χ2v) is 7.23. The minimum Gasteiger partial charge on any atom is -0.495 e. The summed E-state index contributed by atoms with van der Waals surface area (Å²) < 4.78 is 17.2. The Morgan fingerprint density at radius 3 is 2.64 bits per heavy atom. The summed E-state index contributed by atoms with van der Waals surface area (Å²) in [6.45, 7) is 0. The van der Waals surface area contributed by atoms with Crippen LogP contribution in [0.3, 0.4) is 0 Å². The third kappa shape index (κ3) is 3.42. The highest BCUT2D eigenvalue weighted by Gasteiger charge is 2.18. The summed E-state index contributed by atoms with van der Waals surface area (Å²) in [6, 6.07) is 14.3. The molecule has 0 saturated heterocycles. The highest BCUT2D eigenvalue weighted by atomic mass is 35.5. The van der Waals surface area contributed by atoms with E-state index in [1.807, 2.05) is 24.3 Å². The van der Waals surface area contributed by atoms with Gasteiger partial charge in [-0.1, -0.05) is 23.7 Å². The van der Waals surface area contributed by atoms with Gasteiger partial charge in [-0.15, -0.1) is 11.3 Å². The predicted octanol–water partition coefficient (Wildman–Crippen LogP) is 5.48. The normalized spacial score (nSPS) is 10.8. The molecule has 4 aromatic rings. The minimum atomic E-state index is -0.421. The fraction of sp³-hybridized carbons (Fsp3) is 0.100. The minimum absolute atomic E-state index is 0.158. The van der Waals surface area contributed by atoms with E-state index in [4.69, 9.17) is 25.5 Å². The van der Waals surface area contributed by atoms with Gasteiger partial charge in [-0.2, -0.15) is 0 Å². The van der Waals surface area contributed by atoms with E-state index in [1.54, 1.807) is 24.3 Å². The zero-order valence-corrected chi connectivity index (χ0v) is 16.6. The number of ether oxygens (including phenoxy) is 2. The maximum absolute atomic E-state index is 12.6. The zero-order valence-electron chi connectivity index (χ0n) is 15.0. The highest BCUT2D eigenvalue weighted by molar-refractivity contribution is 7.21. The molecule has 0 unspecified atom stereocenters. The molecule has 0 aliphatic carbocycles. The lowest BCUT2D eigenvalue weighted by molar-refractivity contribution is 0.0997. The van der Waals surface area contributed by atoms with Crippen molar-refractivity contribution in [2.75, 3.05) is 19.5 Å². The molecule has 0 atom stereocenters. The molecule has 6 nitrogen and oxygen atoms in total. The molecule has 0 radical (unpaired) electrons. The molecule has 0 aliphatic heterocycles. The summed E-state index contributed by atoms with van der Waals surface area (Å²) in [4.78, 5) is 17.2. The van der Waals surface area contributed by atoms with E-state index in [0.717, 1.165) is 10.2 Å². The van der Waals surface area contributed by atoms with Crippen LogP contribution in [0.25, 0.3) is 21.0 Å². The quantitative estimate of drug-likeness (QED) is 0.468. The lowest BCUT2D eigenvalue weighted by Crippen LogP contribution is -2.12. The molecule has 8 heteroatoms. The summed E-state index contributed by atoms with van der Waals surface area (Å²) in [5.74, 6) is 1.11. The molecule has 2 aromatic heterocycles. The lowest BCUT2D eigenvalue weighted by Gasteiger charge is -2.12. The number of nitrogens with zero attached hydrogens (tertiary/aromatic N) is 1. The molecule has 0 fully saturated rings. The van der Waals surface area contributed by atoms with Crippen molar-refractivity contribution in [3.8, 4) is 22.3 Å². The third-order valence-electron chi connectivity index (χ3n) is 4.06. The molecule has 0 bridgehead atoms. The number of amides is 1. The van der Waals surface area contributed by atoms with E-state index in [9.17, 15) is 4.79 Å². The predicted molar refractivity (Wildman–Crippen MR) is 110 cm³/mol. The Morgan fingerprint density at radius 2 is 1.89 bits per heavy atom. The van der Waals surface area contributed by atoms with Crippen LogP contribution in [0.15, 0.2) is 52.9 Å². The van der Waals surface area contributed by atoms with Gasteiger partial charge in [0.15, 0.2) is 16.5 Å². The van der Waals surface area contributed by atoms with Crippen LogP contribution < -0.4 is 14.8 Å². The van der Waals surface area contributed by atoms with Gasteiger partial charge in [-0.25, -0.2) is 4.98 Å². The van der Waals surface area contributed by atoms with Gasteiger partial charge >= 0.3 is 0 Å². The van der Waals surface area contributed by atoms with Crippen LogP contribution in [0.5, 0.6) is 11.5 Å². The summed E-state index contributed by atoms with van der Waals surface area (Å²) in [5, 5.41) is 3.85. The van der Waals surface area contributed by atoms with Crippen molar-refractivity contribution in [3.05, 3.63) is 59.3 Å². The number of hydrogen-bond acceptors (Lipinski definition) is 6. The Morgan fingerprint density at radius 1 is 1.11 bits per heavy atom. The van der Waals surface area contributed by atoms with Crippen LogP contribution >= 0.6 is 22.9 Å². The Bertz CT molecular complexity index is 1140. The third-order valence-corrected chi connectivity index (χ3v) is 5.40. The van der Waals surface area contributed by atoms with Gasteiger partial charge in [-0.3, -0.25) is 4.79 Å². The summed E-state index contributed by atoms with van der Waals surface area (Å²) in [5.41, 5.74) is 1.31. The van der Waals surface area contributed by atoms with E-state index in [-0.39, 0.29) is 5.76 Å². The van der Waals surface area contributed by atoms with Gasteiger partial charge in [0.05, 0.1) is 35.1 Å². The Balaban J connectivity index is 1.60. The fourth-order valence-electron chi connectivity index (χ4n) is 2.69. The molecular weight excluding hydrogens is 400 g/mol. The van der Waals surface area contributed by atoms with Crippen LogP contribution in [0, 0.1) is 0 Å². The smallest absolute Gasteiger partial charge is 0.291 e. The topological polar surface area (TPSA) is 73.6 Å². The molecule has 2 heterocycles. The summed E-state index contributed by atoms with van der Waals surface area (Å²) in [7, 11) is 2.99. The number of fused-ring (bicyclic) bond motifs is 1. The van der Waals surface area contributed by atoms with E-state index in [0.29, 0.717) is 33.0 Å². The molecule has 0 spiro atoms. The first-order chi connectivity index (χ1) is 13.6. The number of carbonyl (C=O) groups excluding carboxylic acids is 1. The number of aromatic nitrogens is 1. The van der Waals surface area contributed by atoms with Gasteiger partial charge in [0.25, 0.3) is 5.91 Å². The Hall–Kier alpha value is -3.03. The largest absolute Gasteiger partial charge is 0.495 e. The van der Waals surface area contributed by atoms with Crippen LogP contribution in [0.2, 0.25) is 5.02 Å². The van der Waals surface area contributed by atoms with Crippen molar-refractivity contribution in [2.45, 2.75) is 0 Å². The van der Waals surface area contributed by atoms with Gasteiger partial charge in [0.2, 0.25) is 0 Å². The molecule has 1 amide bonds. The number of nitrogens with one attached hydrogen (secondary N) is 1. The summed E-state index contributed by atoms with van der Waals surface area (Å²) in [6.07, 6.45) is 0. The fourth-order valence-corrected chi connectivity index (χ4v) is 3.85. The SMILES string of the molecule is COc1cc(NC(=O)c2ccc(-c3nc4ccccc4s3)o2)c(OC)cc1Cl. The standard InChI is InChI=1S/C20H15ClN2O4S/c1-25-16-10-13(17(26-2)9-11(16)21)22-19(24)14-7-8-15(27-14)20-23-12-5-3-4-6-18(12)28-20/h3-10H,1-2H3,(H,22,24). The molecule has 0 saturated carbocycles. The first-order valence-corrected chi connectivity index (χ1v) is 9.47. The van der Waals surface area contributed by atoms with Crippen molar-refractivity contribution in [3.63, 3.8) is 0 Å². The van der Waals surface area contributed by atoms with Crippen molar-refractivity contribution in [1.29, 1.82) is 0 Å². The molecule has 0 aliphatic rings. The second kappa shape index (κ2) is 7.53. The number of para-hydroxylation sites is 1. The lowest BCUT2D eigenvalue weighted by atomic mass is 10.2. The monoisotopic (exact) mass is 414 g/mol. The number of carbonyl (C=O) groups is 1. The van der Waals surface area contributed by atoms with E-state index < -0.39 is 5.91 Å². The Kier molecular flexibility index (Phi) is 4.93. The van der Waals surface area contributed by atoms with Crippen LogP contribution in [-0.2, 0) is 0 Å². The first kappa shape index (κ1) is 18.3. The highest BCUT2D eigenvalue weighted by Crippen LogP contribution is 2.36. The number of benzene rings is 2. The van der Waals surface area contributed by atoms with Crippen LogP contribution in [-0.4, -0.2) is 25.1 Å². The van der Waals surface area contributed by atoms with Gasteiger partial charge in [0, 0.05) is 12.1 Å². The number of methoxy groups -OCH3 is 2. The van der Waals surface area contributed by atoms with Crippen molar-refractivity contribution >= 4 is 44.7 Å².